The molecule has 2 aromatic carbocycles. The fourth-order valence-electron chi connectivity index (χ4n) is 3.65. The molecule has 2 N–H and O–H groups in total. The Balaban J connectivity index is 1.47. The number of rotatable bonds is 7. The van der Waals surface area contributed by atoms with Gasteiger partial charge in [0.15, 0.2) is 6.61 Å². The first-order valence-corrected chi connectivity index (χ1v) is 11.3. The lowest BCUT2D eigenvalue weighted by Gasteiger charge is -2.20. The number of carbonyl (C=O) groups is 4. The number of amides is 3. The van der Waals surface area contributed by atoms with Crippen LogP contribution < -0.4 is 10.7 Å². The standard InChI is InChI=1S/C26H31N3O5/c1-17(18-8-6-5-7-9-18)27-22(30)16-34-25(33)20-14-23(31)29(15-20)28-24(32)19-10-12-21(13-11-19)26(2,3)4/h5-13,17,20H,14-16H2,1-4H3,(H,27,30)(H,28,32)/t17-,20+/m1/s1. The van der Waals surface area contributed by atoms with Crippen LogP contribution in [0.5, 0.6) is 0 Å². The van der Waals surface area contributed by atoms with Crippen LogP contribution >= 0.6 is 0 Å². The Morgan fingerprint density at radius 3 is 2.32 bits per heavy atom. The largest absolute Gasteiger partial charge is 0.455 e. The van der Waals surface area contributed by atoms with E-state index in [0.29, 0.717) is 5.56 Å². The van der Waals surface area contributed by atoms with Gasteiger partial charge in [-0.25, -0.2) is 0 Å². The van der Waals surface area contributed by atoms with Gasteiger partial charge in [0.2, 0.25) is 5.91 Å². The van der Waals surface area contributed by atoms with Gasteiger partial charge in [0, 0.05) is 12.0 Å². The van der Waals surface area contributed by atoms with E-state index < -0.39 is 30.3 Å². The van der Waals surface area contributed by atoms with Crippen molar-refractivity contribution < 1.29 is 23.9 Å². The van der Waals surface area contributed by atoms with Crippen molar-refractivity contribution in [2.45, 2.75) is 45.6 Å². The molecule has 3 rings (SSSR count). The third-order valence-electron chi connectivity index (χ3n) is 5.73. The summed E-state index contributed by atoms with van der Waals surface area (Å²) in [6.07, 6.45) is -0.0931. The minimum Gasteiger partial charge on any atom is -0.455 e. The van der Waals surface area contributed by atoms with Crippen LogP contribution in [0.1, 0.15) is 61.6 Å². The van der Waals surface area contributed by atoms with Crippen LogP contribution in [0.2, 0.25) is 0 Å². The zero-order valence-electron chi connectivity index (χ0n) is 20.0. The van der Waals surface area contributed by atoms with Crippen LogP contribution in [0.3, 0.4) is 0 Å². The summed E-state index contributed by atoms with van der Waals surface area (Å²) in [6, 6.07) is 16.4. The average Bonchev–Trinajstić information content (AvgIpc) is 3.17. The molecule has 1 saturated heterocycles. The maximum atomic E-state index is 12.5. The number of carbonyl (C=O) groups excluding carboxylic acids is 4. The van der Waals surface area contributed by atoms with Crippen molar-refractivity contribution in [2.24, 2.45) is 5.92 Å². The molecule has 0 saturated carbocycles. The highest BCUT2D eigenvalue weighted by atomic mass is 16.5. The average molecular weight is 466 g/mol. The van der Waals surface area contributed by atoms with Crippen molar-refractivity contribution in [1.82, 2.24) is 15.8 Å². The van der Waals surface area contributed by atoms with Crippen LogP contribution in [-0.2, 0) is 24.5 Å². The van der Waals surface area contributed by atoms with Crippen molar-refractivity contribution >= 4 is 23.7 Å². The highest BCUT2D eigenvalue weighted by Gasteiger charge is 2.36. The molecule has 0 aliphatic carbocycles. The molecule has 1 aliphatic heterocycles. The van der Waals surface area contributed by atoms with Crippen LogP contribution in [0.4, 0.5) is 0 Å². The summed E-state index contributed by atoms with van der Waals surface area (Å²) in [5, 5.41) is 3.89. The second-order valence-electron chi connectivity index (χ2n) is 9.48. The molecule has 0 unspecified atom stereocenters. The molecule has 0 bridgehead atoms. The zero-order chi connectivity index (χ0) is 24.9. The molecular formula is C26H31N3O5. The summed E-state index contributed by atoms with van der Waals surface area (Å²) in [4.78, 5) is 49.4. The van der Waals surface area contributed by atoms with Gasteiger partial charge in [-0.1, -0.05) is 63.2 Å². The van der Waals surface area contributed by atoms with E-state index in [0.717, 1.165) is 16.1 Å². The quantitative estimate of drug-likeness (QED) is 0.612. The molecule has 0 radical (unpaired) electrons. The second kappa shape index (κ2) is 10.5. The molecular weight excluding hydrogens is 434 g/mol. The minimum atomic E-state index is -0.754. The molecule has 8 nitrogen and oxygen atoms in total. The number of hydrogen-bond acceptors (Lipinski definition) is 5. The van der Waals surface area contributed by atoms with Crippen LogP contribution in [-0.4, -0.2) is 41.9 Å². The molecule has 1 fully saturated rings. The Bertz CT molecular complexity index is 1040. The number of hydrazine groups is 1. The van der Waals surface area contributed by atoms with Gasteiger partial charge in [-0.05, 0) is 35.6 Å². The van der Waals surface area contributed by atoms with Gasteiger partial charge in [-0.15, -0.1) is 0 Å². The Kier molecular flexibility index (Phi) is 7.71. The highest BCUT2D eigenvalue weighted by Crippen LogP contribution is 2.22. The molecule has 1 aliphatic rings. The first-order valence-electron chi connectivity index (χ1n) is 11.3. The smallest absolute Gasteiger partial charge is 0.311 e. The first-order chi connectivity index (χ1) is 16.0. The maximum absolute atomic E-state index is 12.5. The van der Waals surface area contributed by atoms with Crippen molar-refractivity contribution in [3.05, 3.63) is 71.3 Å². The maximum Gasteiger partial charge on any atom is 0.311 e. The number of esters is 1. The van der Waals surface area contributed by atoms with E-state index in [1.54, 1.807) is 12.1 Å². The number of nitrogens with one attached hydrogen (secondary N) is 2. The summed E-state index contributed by atoms with van der Waals surface area (Å²) < 4.78 is 5.11. The number of benzene rings is 2. The molecule has 1 heterocycles. The molecule has 3 amide bonds. The lowest BCUT2D eigenvalue weighted by molar-refractivity contribution is -0.152. The van der Waals surface area contributed by atoms with E-state index >= 15 is 0 Å². The Hall–Kier alpha value is -3.68. The summed E-state index contributed by atoms with van der Waals surface area (Å²) in [6.45, 7) is 7.63. The highest BCUT2D eigenvalue weighted by molar-refractivity contribution is 5.96. The van der Waals surface area contributed by atoms with Crippen molar-refractivity contribution in [2.75, 3.05) is 13.2 Å². The van der Waals surface area contributed by atoms with Gasteiger partial charge in [0.1, 0.15) is 0 Å². The van der Waals surface area contributed by atoms with Crippen molar-refractivity contribution in [3.8, 4) is 0 Å². The van der Waals surface area contributed by atoms with Crippen molar-refractivity contribution in [3.63, 3.8) is 0 Å². The van der Waals surface area contributed by atoms with Gasteiger partial charge in [-0.2, -0.15) is 0 Å². The number of nitrogens with zero attached hydrogens (tertiary/aromatic N) is 1. The summed E-state index contributed by atoms with van der Waals surface area (Å²) in [7, 11) is 0. The van der Waals surface area contributed by atoms with Gasteiger partial charge in [0.05, 0.1) is 18.5 Å². The number of hydrogen-bond donors (Lipinski definition) is 2. The summed E-state index contributed by atoms with van der Waals surface area (Å²) in [5.74, 6) is -2.66. The predicted octanol–water partition coefficient (Wildman–Crippen LogP) is 2.90. The SMILES string of the molecule is C[C@@H](NC(=O)COC(=O)[C@H]1CC(=O)N(NC(=O)c2ccc(C(C)(C)C)cc2)C1)c1ccccc1. The van der Waals surface area contributed by atoms with E-state index in [-0.39, 0.29) is 30.3 Å². The Morgan fingerprint density at radius 2 is 1.71 bits per heavy atom. The molecule has 0 aromatic heterocycles. The molecule has 2 aromatic rings. The predicted molar refractivity (Wildman–Crippen MR) is 126 cm³/mol. The minimum absolute atomic E-state index is 0.00841. The number of ether oxygens (including phenoxy) is 1. The molecule has 8 heteroatoms. The summed E-state index contributed by atoms with van der Waals surface area (Å²) >= 11 is 0. The monoisotopic (exact) mass is 465 g/mol. The zero-order valence-corrected chi connectivity index (χ0v) is 20.0. The van der Waals surface area contributed by atoms with E-state index in [9.17, 15) is 19.2 Å². The Morgan fingerprint density at radius 1 is 1.06 bits per heavy atom. The third-order valence-corrected chi connectivity index (χ3v) is 5.73. The van der Waals surface area contributed by atoms with E-state index in [1.807, 2.05) is 49.4 Å². The molecule has 0 spiro atoms. The molecule has 34 heavy (non-hydrogen) atoms. The summed E-state index contributed by atoms with van der Waals surface area (Å²) in [5.41, 5.74) is 4.95. The fourth-order valence-corrected chi connectivity index (χ4v) is 3.65. The van der Waals surface area contributed by atoms with E-state index in [1.165, 1.54) is 0 Å². The van der Waals surface area contributed by atoms with Crippen LogP contribution in [0.25, 0.3) is 0 Å². The van der Waals surface area contributed by atoms with Gasteiger partial charge < -0.3 is 10.1 Å². The van der Waals surface area contributed by atoms with Gasteiger partial charge in [-0.3, -0.25) is 29.6 Å². The third kappa shape index (κ3) is 6.43. The van der Waals surface area contributed by atoms with Crippen LogP contribution in [0, 0.1) is 5.92 Å². The van der Waals surface area contributed by atoms with Crippen molar-refractivity contribution in [1.29, 1.82) is 0 Å². The van der Waals surface area contributed by atoms with Gasteiger partial charge >= 0.3 is 5.97 Å². The lowest BCUT2D eigenvalue weighted by atomic mass is 9.87. The second-order valence-corrected chi connectivity index (χ2v) is 9.48. The lowest BCUT2D eigenvalue weighted by Crippen LogP contribution is -2.43. The van der Waals surface area contributed by atoms with Crippen LogP contribution in [0.15, 0.2) is 54.6 Å². The fraction of sp³-hybridized carbons (Fsp3) is 0.385. The molecule has 180 valence electrons. The first kappa shape index (κ1) is 25.0. The van der Waals surface area contributed by atoms with Gasteiger partial charge in [0.25, 0.3) is 11.8 Å². The molecule has 2 atom stereocenters. The van der Waals surface area contributed by atoms with E-state index in [4.69, 9.17) is 4.74 Å². The topological polar surface area (TPSA) is 105 Å². The normalized spacial score (nSPS) is 16.6. The Labute approximate surface area is 199 Å². The van der Waals surface area contributed by atoms with E-state index in [2.05, 4.69) is 31.5 Å².